The molecule has 1 saturated heterocycles. The van der Waals surface area contributed by atoms with E-state index in [0.29, 0.717) is 41.0 Å². The van der Waals surface area contributed by atoms with Crippen LogP contribution < -0.4 is 0 Å². The van der Waals surface area contributed by atoms with Crippen molar-refractivity contribution in [2.45, 2.75) is 18.9 Å². The Morgan fingerprint density at radius 1 is 1.03 bits per heavy atom. The Hall–Kier alpha value is -3.52. The van der Waals surface area contributed by atoms with Crippen LogP contribution in [-0.2, 0) is 0 Å². The van der Waals surface area contributed by atoms with E-state index in [2.05, 4.69) is 25.5 Å². The van der Waals surface area contributed by atoms with Gasteiger partial charge < -0.3 is 4.90 Å². The fraction of sp³-hybridized carbons (Fsp3) is 0.227. The molecule has 1 aliphatic heterocycles. The zero-order chi connectivity index (χ0) is 21.2. The van der Waals surface area contributed by atoms with E-state index in [1.165, 1.54) is 0 Å². The maximum absolute atomic E-state index is 12.7. The molecule has 9 heteroatoms. The highest BCUT2D eigenvalue weighted by Crippen LogP contribution is 2.25. The highest BCUT2D eigenvalue weighted by Gasteiger charge is 2.26. The lowest BCUT2D eigenvalue weighted by Crippen LogP contribution is -2.39. The van der Waals surface area contributed by atoms with Crippen LogP contribution in [0.3, 0.4) is 0 Å². The first kappa shape index (κ1) is 19.4. The van der Waals surface area contributed by atoms with Crippen molar-refractivity contribution in [3.63, 3.8) is 0 Å². The van der Waals surface area contributed by atoms with Gasteiger partial charge in [-0.15, -0.1) is 5.10 Å². The maximum Gasteiger partial charge on any atom is 0.253 e. The van der Waals surface area contributed by atoms with Crippen LogP contribution in [-0.4, -0.2) is 54.1 Å². The standard InChI is InChI=1S/C22H20ClN7O/c23-17-8-6-16(7-9-17)22(31)29-12-10-18(11-13-29)30-14-19(25-28-30)21-24-20(26-27-21)15-4-2-1-3-5-15/h1-9,14,18H,10-13H2,(H,24,26,27). The molecular formula is C22H20ClN7O. The fourth-order valence-corrected chi connectivity index (χ4v) is 3.89. The van der Waals surface area contributed by atoms with Crippen LogP contribution in [0, 0.1) is 0 Å². The van der Waals surface area contributed by atoms with Crippen molar-refractivity contribution in [2.24, 2.45) is 0 Å². The molecule has 1 fully saturated rings. The molecule has 1 aliphatic rings. The quantitative estimate of drug-likeness (QED) is 0.527. The normalized spacial score (nSPS) is 14.7. The summed E-state index contributed by atoms with van der Waals surface area (Å²) >= 11 is 5.92. The SMILES string of the molecule is O=C(c1ccc(Cl)cc1)N1CCC(n2cc(-c3nc(-c4ccccc4)n[nH]3)nn2)CC1. The zero-order valence-electron chi connectivity index (χ0n) is 16.6. The van der Waals surface area contributed by atoms with Gasteiger partial charge in [0.1, 0.15) is 5.69 Å². The first-order chi connectivity index (χ1) is 15.2. The van der Waals surface area contributed by atoms with Gasteiger partial charge in [0.05, 0.1) is 12.2 Å². The van der Waals surface area contributed by atoms with Gasteiger partial charge in [0.15, 0.2) is 11.6 Å². The molecule has 31 heavy (non-hydrogen) atoms. The minimum absolute atomic E-state index is 0.0319. The number of halogens is 1. The second-order valence-corrected chi connectivity index (χ2v) is 7.92. The minimum atomic E-state index is 0.0319. The average Bonchev–Trinajstić information content (AvgIpc) is 3.50. The van der Waals surface area contributed by atoms with E-state index in [9.17, 15) is 4.79 Å². The number of hydrogen-bond acceptors (Lipinski definition) is 5. The molecule has 156 valence electrons. The number of benzene rings is 2. The van der Waals surface area contributed by atoms with Crippen molar-refractivity contribution in [3.05, 3.63) is 71.4 Å². The van der Waals surface area contributed by atoms with Gasteiger partial charge in [-0.1, -0.05) is 47.1 Å². The molecule has 1 N–H and O–H groups in total. The number of rotatable bonds is 4. The lowest BCUT2D eigenvalue weighted by molar-refractivity contribution is 0.0689. The van der Waals surface area contributed by atoms with Crippen molar-refractivity contribution < 1.29 is 4.79 Å². The average molecular weight is 434 g/mol. The van der Waals surface area contributed by atoms with Crippen LogP contribution >= 0.6 is 11.6 Å². The number of aromatic nitrogens is 6. The van der Waals surface area contributed by atoms with Gasteiger partial charge in [0.25, 0.3) is 5.91 Å². The molecule has 0 saturated carbocycles. The summed E-state index contributed by atoms with van der Waals surface area (Å²) in [4.78, 5) is 19.1. The molecule has 3 heterocycles. The monoisotopic (exact) mass is 433 g/mol. The van der Waals surface area contributed by atoms with E-state index in [-0.39, 0.29) is 11.9 Å². The highest BCUT2D eigenvalue weighted by molar-refractivity contribution is 6.30. The summed E-state index contributed by atoms with van der Waals surface area (Å²) in [7, 11) is 0. The summed E-state index contributed by atoms with van der Waals surface area (Å²) in [6.45, 7) is 1.34. The predicted molar refractivity (Wildman–Crippen MR) is 116 cm³/mol. The molecule has 8 nitrogen and oxygen atoms in total. The predicted octanol–water partition coefficient (Wildman–Crippen LogP) is 3.86. The first-order valence-corrected chi connectivity index (χ1v) is 10.5. The Bertz CT molecular complexity index is 1180. The number of nitrogens with one attached hydrogen (secondary N) is 1. The van der Waals surface area contributed by atoms with Crippen molar-refractivity contribution in [1.29, 1.82) is 0 Å². The third-order valence-electron chi connectivity index (χ3n) is 5.49. The van der Waals surface area contributed by atoms with Crippen LogP contribution in [0.1, 0.15) is 29.2 Å². The minimum Gasteiger partial charge on any atom is -0.338 e. The van der Waals surface area contributed by atoms with E-state index >= 15 is 0 Å². The molecule has 1 amide bonds. The second kappa shape index (κ2) is 8.31. The third-order valence-corrected chi connectivity index (χ3v) is 5.74. The highest BCUT2D eigenvalue weighted by atomic mass is 35.5. The number of nitrogens with zero attached hydrogens (tertiary/aromatic N) is 6. The van der Waals surface area contributed by atoms with Crippen molar-refractivity contribution in [1.82, 2.24) is 35.1 Å². The van der Waals surface area contributed by atoms with Gasteiger partial charge in [-0.3, -0.25) is 9.89 Å². The summed E-state index contributed by atoms with van der Waals surface area (Å²) in [6.07, 6.45) is 3.51. The number of aromatic amines is 1. The zero-order valence-corrected chi connectivity index (χ0v) is 17.4. The smallest absolute Gasteiger partial charge is 0.253 e. The number of amides is 1. The van der Waals surface area contributed by atoms with Gasteiger partial charge in [0, 0.05) is 29.2 Å². The molecule has 0 atom stereocenters. The van der Waals surface area contributed by atoms with E-state index < -0.39 is 0 Å². The summed E-state index contributed by atoms with van der Waals surface area (Å²) in [5.41, 5.74) is 2.25. The van der Waals surface area contributed by atoms with Gasteiger partial charge in [-0.05, 0) is 37.1 Å². The summed E-state index contributed by atoms with van der Waals surface area (Å²) < 4.78 is 1.87. The molecule has 2 aromatic carbocycles. The number of hydrogen-bond donors (Lipinski definition) is 1. The maximum atomic E-state index is 12.7. The topological polar surface area (TPSA) is 92.6 Å². The van der Waals surface area contributed by atoms with Gasteiger partial charge in [0.2, 0.25) is 0 Å². The van der Waals surface area contributed by atoms with E-state index in [1.807, 2.05) is 46.1 Å². The molecule has 0 unspecified atom stereocenters. The molecule has 0 radical (unpaired) electrons. The second-order valence-electron chi connectivity index (χ2n) is 7.49. The Morgan fingerprint density at radius 3 is 2.52 bits per heavy atom. The van der Waals surface area contributed by atoms with Crippen molar-refractivity contribution >= 4 is 17.5 Å². The molecule has 0 aliphatic carbocycles. The third kappa shape index (κ3) is 4.06. The number of carbonyl (C=O) groups is 1. The molecule has 0 spiro atoms. The Labute approximate surface area is 183 Å². The molecule has 2 aromatic heterocycles. The van der Waals surface area contributed by atoms with E-state index in [1.54, 1.807) is 24.3 Å². The van der Waals surface area contributed by atoms with Gasteiger partial charge in [-0.2, -0.15) is 5.10 Å². The van der Waals surface area contributed by atoms with Crippen LogP contribution in [0.2, 0.25) is 5.02 Å². The van der Waals surface area contributed by atoms with Crippen molar-refractivity contribution in [2.75, 3.05) is 13.1 Å². The Morgan fingerprint density at radius 2 is 1.77 bits per heavy atom. The molecule has 0 bridgehead atoms. The van der Waals surface area contributed by atoms with E-state index in [4.69, 9.17) is 11.6 Å². The van der Waals surface area contributed by atoms with Crippen LogP contribution in [0.5, 0.6) is 0 Å². The first-order valence-electron chi connectivity index (χ1n) is 10.1. The number of likely N-dealkylation sites (tertiary alicyclic amines) is 1. The number of piperidine rings is 1. The van der Waals surface area contributed by atoms with E-state index in [0.717, 1.165) is 18.4 Å². The van der Waals surface area contributed by atoms with Crippen LogP contribution in [0.25, 0.3) is 22.9 Å². The summed E-state index contributed by atoms with van der Waals surface area (Å²) in [5, 5.41) is 16.4. The summed E-state index contributed by atoms with van der Waals surface area (Å²) in [5.74, 6) is 1.24. The molecule has 5 rings (SSSR count). The number of carbonyl (C=O) groups excluding carboxylic acids is 1. The lowest BCUT2D eigenvalue weighted by Gasteiger charge is -2.31. The van der Waals surface area contributed by atoms with Crippen LogP contribution in [0.15, 0.2) is 60.8 Å². The van der Waals surface area contributed by atoms with Gasteiger partial charge >= 0.3 is 0 Å². The molecular weight excluding hydrogens is 414 g/mol. The molecule has 4 aromatic rings. The Balaban J connectivity index is 1.24. The fourth-order valence-electron chi connectivity index (χ4n) is 3.76. The number of H-pyrrole nitrogens is 1. The summed E-state index contributed by atoms with van der Waals surface area (Å²) in [6, 6.07) is 17.0. The van der Waals surface area contributed by atoms with Crippen LogP contribution in [0.4, 0.5) is 0 Å². The van der Waals surface area contributed by atoms with Gasteiger partial charge in [-0.25, -0.2) is 9.67 Å². The largest absolute Gasteiger partial charge is 0.338 e. The lowest BCUT2D eigenvalue weighted by atomic mass is 10.0. The van der Waals surface area contributed by atoms with Crippen molar-refractivity contribution in [3.8, 4) is 22.9 Å². The Kier molecular flexibility index (Phi) is 5.21.